The number of hydrogen-bond donors (Lipinski definition) is 1. The summed E-state index contributed by atoms with van der Waals surface area (Å²) in [4.78, 5) is 30.2. The Morgan fingerprint density at radius 2 is 1.73 bits per heavy atom. The average Bonchev–Trinajstić information content (AvgIpc) is 2.97. The quantitative estimate of drug-likeness (QED) is 0.291. The van der Waals surface area contributed by atoms with Crippen LogP contribution in [0.4, 0.5) is 11.4 Å². The summed E-state index contributed by atoms with van der Waals surface area (Å²) < 4.78 is 0. The molecule has 0 aromatic heterocycles. The predicted molar refractivity (Wildman–Crippen MR) is 151 cm³/mol. The van der Waals surface area contributed by atoms with E-state index in [0.717, 1.165) is 53.9 Å². The van der Waals surface area contributed by atoms with Gasteiger partial charge in [-0.3, -0.25) is 4.79 Å². The minimum absolute atomic E-state index is 0. The fourth-order valence-electron chi connectivity index (χ4n) is 5.10. The first-order valence-corrected chi connectivity index (χ1v) is 13.0. The summed E-state index contributed by atoms with van der Waals surface area (Å²) in [6, 6.07) is 27.8. The summed E-state index contributed by atoms with van der Waals surface area (Å²) in [5.41, 5.74) is 7.24. The monoisotopic (exact) mass is 537 g/mol. The molecule has 1 amide bonds. The third-order valence-electron chi connectivity index (χ3n) is 7.21. The molecule has 0 unspecified atom stereocenters. The molecular formula is C33H28N3NaO3. The van der Waals surface area contributed by atoms with Crippen LogP contribution in [0, 0.1) is 6.57 Å². The Bertz CT molecular complexity index is 1560. The number of nitrogens with one attached hydrogen (secondary N) is 1. The van der Waals surface area contributed by atoms with Crippen molar-refractivity contribution < 1.29 is 44.3 Å². The molecule has 0 bridgehead atoms. The molecule has 6 nitrogen and oxygen atoms in total. The van der Waals surface area contributed by atoms with Crippen LogP contribution in [0.5, 0.6) is 0 Å². The Labute approximate surface area is 256 Å². The maximum Gasteiger partial charge on any atom is 1.00 e. The number of hydrogen-bond acceptors (Lipinski definition) is 4. The van der Waals surface area contributed by atoms with Gasteiger partial charge < -0.3 is 20.1 Å². The van der Waals surface area contributed by atoms with Gasteiger partial charge in [0.25, 0.3) is 5.91 Å². The summed E-state index contributed by atoms with van der Waals surface area (Å²) in [6.45, 7) is 10.7. The smallest absolute Gasteiger partial charge is 0.545 e. The van der Waals surface area contributed by atoms with E-state index in [1.807, 2.05) is 67.6 Å². The van der Waals surface area contributed by atoms with Crippen molar-refractivity contribution in [3.63, 3.8) is 0 Å². The SMILES string of the molecule is [C-]#[N+]c1ccc([C@H](C)NC(=O)c2ccc3c(c2)CCCN3Cc2ccc(-c3ccccc3C(=O)[O-])cc2)cc1.[Na+]. The molecule has 0 fully saturated rings. The van der Waals surface area contributed by atoms with E-state index in [1.165, 1.54) is 0 Å². The van der Waals surface area contributed by atoms with Crippen molar-refractivity contribution in [2.75, 3.05) is 11.4 Å². The van der Waals surface area contributed by atoms with Gasteiger partial charge in [-0.25, -0.2) is 4.85 Å². The zero-order valence-electron chi connectivity index (χ0n) is 22.7. The van der Waals surface area contributed by atoms with Gasteiger partial charge in [-0.15, -0.1) is 0 Å². The molecule has 5 rings (SSSR count). The molecule has 4 aromatic rings. The fraction of sp³-hybridized carbons (Fsp3) is 0.182. The summed E-state index contributed by atoms with van der Waals surface area (Å²) in [7, 11) is 0. The van der Waals surface area contributed by atoms with Crippen LogP contribution in [-0.4, -0.2) is 18.4 Å². The number of carbonyl (C=O) groups excluding carboxylic acids is 2. The molecule has 1 aliphatic heterocycles. The average molecular weight is 538 g/mol. The van der Waals surface area contributed by atoms with Gasteiger partial charge in [-0.05, 0) is 65.8 Å². The van der Waals surface area contributed by atoms with Crippen molar-refractivity contribution in [1.29, 1.82) is 0 Å². The maximum atomic E-state index is 13.0. The first-order chi connectivity index (χ1) is 18.9. The molecule has 1 atom stereocenters. The molecule has 0 radical (unpaired) electrons. The number of carbonyl (C=O) groups is 2. The van der Waals surface area contributed by atoms with Crippen LogP contribution in [0.2, 0.25) is 0 Å². The third-order valence-corrected chi connectivity index (χ3v) is 7.21. The molecule has 194 valence electrons. The van der Waals surface area contributed by atoms with Gasteiger partial charge in [0, 0.05) is 29.9 Å². The molecule has 4 aromatic carbocycles. The van der Waals surface area contributed by atoms with Gasteiger partial charge in [0.1, 0.15) is 0 Å². The number of nitrogens with zero attached hydrogens (tertiary/aromatic N) is 2. The molecule has 1 aliphatic rings. The second-order valence-electron chi connectivity index (χ2n) is 9.80. The second kappa shape index (κ2) is 13.0. The van der Waals surface area contributed by atoms with E-state index >= 15 is 0 Å². The molecule has 7 heteroatoms. The minimum Gasteiger partial charge on any atom is -0.545 e. The third kappa shape index (κ3) is 6.46. The van der Waals surface area contributed by atoms with Crippen LogP contribution >= 0.6 is 0 Å². The summed E-state index contributed by atoms with van der Waals surface area (Å²) in [5.74, 6) is -1.30. The van der Waals surface area contributed by atoms with Crippen molar-refractivity contribution >= 4 is 23.3 Å². The van der Waals surface area contributed by atoms with Crippen LogP contribution in [0.15, 0.2) is 91.0 Å². The fourth-order valence-corrected chi connectivity index (χ4v) is 5.10. The summed E-state index contributed by atoms with van der Waals surface area (Å²) >= 11 is 0. The molecule has 0 saturated heterocycles. The Hall–Kier alpha value is -3.89. The first kappa shape index (κ1) is 29.1. The van der Waals surface area contributed by atoms with Gasteiger partial charge in [-0.2, -0.15) is 0 Å². The molecule has 0 spiro atoms. The molecule has 1 heterocycles. The number of amides is 1. The van der Waals surface area contributed by atoms with E-state index in [1.54, 1.807) is 30.3 Å². The van der Waals surface area contributed by atoms with Crippen molar-refractivity contribution in [2.45, 2.75) is 32.4 Å². The second-order valence-corrected chi connectivity index (χ2v) is 9.80. The largest absolute Gasteiger partial charge is 1.00 e. The first-order valence-electron chi connectivity index (χ1n) is 13.0. The van der Waals surface area contributed by atoms with Crippen molar-refractivity contribution in [2.24, 2.45) is 0 Å². The van der Waals surface area contributed by atoms with Crippen molar-refractivity contribution in [3.05, 3.63) is 130 Å². The van der Waals surface area contributed by atoms with Gasteiger partial charge in [0.05, 0.1) is 18.6 Å². The van der Waals surface area contributed by atoms with Crippen molar-refractivity contribution in [3.8, 4) is 11.1 Å². The Kier molecular flexibility index (Phi) is 9.44. The number of carboxylic acids is 1. The standard InChI is InChI=1S/C33H29N3O3.Na/c1-22(24-13-16-28(34-2)17-14-24)35-32(37)27-15-18-31-26(20-27)6-5-19-36(31)21-23-9-11-25(12-10-23)29-7-3-4-8-30(29)33(38)39;/h3-4,7-18,20,22H,5-6,19,21H2,1H3,(H,35,37)(H,38,39);/q;+1/p-1/t22-;/m0./s1. The molecule has 0 aliphatic carbocycles. The van der Waals surface area contributed by atoms with Gasteiger partial charge in [0.2, 0.25) is 0 Å². The Balaban J connectivity index is 0.00000370. The number of aromatic carboxylic acids is 1. The zero-order valence-corrected chi connectivity index (χ0v) is 24.7. The maximum absolute atomic E-state index is 13.0. The van der Waals surface area contributed by atoms with Crippen molar-refractivity contribution in [1.82, 2.24) is 5.32 Å². The van der Waals surface area contributed by atoms with E-state index in [2.05, 4.69) is 15.1 Å². The molecular weight excluding hydrogens is 509 g/mol. The Morgan fingerprint density at radius 3 is 2.42 bits per heavy atom. The van der Waals surface area contributed by atoms with E-state index in [9.17, 15) is 14.7 Å². The van der Waals surface area contributed by atoms with E-state index < -0.39 is 5.97 Å². The van der Waals surface area contributed by atoms with Crippen LogP contribution in [-0.2, 0) is 13.0 Å². The molecule has 0 saturated carbocycles. The summed E-state index contributed by atoms with van der Waals surface area (Å²) in [5, 5.41) is 14.6. The number of anilines is 1. The topological polar surface area (TPSA) is 76.8 Å². The van der Waals surface area contributed by atoms with Gasteiger partial charge >= 0.3 is 29.6 Å². The van der Waals surface area contributed by atoms with Crippen LogP contribution < -0.4 is 44.9 Å². The molecule has 1 N–H and O–H groups in total. The van der Waals surface area contributed by atoms with Gasteiger partial charge in [0.15, 0.2) is 5.69 Å². The number of fused-ring (bicyclic) bond motifs is 1. The number of aryl methyl sites for hydroxylation is 1. The number of carboxylic acid groups (broad SMARTS) is 1. The number of rotatable bonds is 7. The predicted octanol–water partition coefficient (Wildman–Crippen LogP) is 2.72. The van der Waals surface area contributed by atoms with Crippen LogP contribution in [0.3, 0.4) is 0 Å². The van der Waals surface area contributed by atoms with E-state index in [0.29, 0.717) is 16.8 Å². The van der Waals surface area contributed by atoms with Gasteiger partial charge in [-0.1, -0.05) is 72.8 Å². The summed E-state index contributed by atoms with van der Waals surface area (Å²) in [6.07, 6.45) is 1.92. The molecule has 40 heavy (non-hydrogen) atoms. The van der Waals surface area contributed by atoms with Crippen LogP contribution in [0.25, 0.3) is 16.0 Å². The van der Waals surface area contributed by atoms with E-state index in [-0.39, 0.29) is 47.1 Å². The minimum atomic E-state index is -1.18. The van der Waals surface area contributed by atoms with Crippen LogP contribution in [0.1, 0.15) is 56.8 Å². The normalized spacial score (nSPS) is 12.8. The van der Waals surface area contributed by atoms with E-state index in [4.69, 9.17) is 6.57 Å². The Morgan fingerprint density at radius 1 is 1.00 bits per heavy atom. The number of benzene rings is 4. The zero-order chi connectivity index (χ0) is 27.4.